The number of amides is 1. The Balaban J connectivity index is 1.78. The molecule has 1 aromatic carbocycles. The molecule has 5 nitrogen and oxygen atoms in total. The van der Waals surface area contributed by atoms with Crippen LogP contribution in [-0.4, -0.2) is 30.1 Å². The fourth-order valence-corrected chi connectivity index (χ4v) is 1.91. The molecule has 0 unspecified atom stereocenters. The molecular formula is C14H16ClNO4. The summed E-state index contributed by atoms with van der Waals surface area (Å²) in [5, 5.41) is 12.2. The molecule has 1 aliphatic rings. The van der Waals surface area contributed by atoms with Crippen molar-refractivity contribution in [3.05, 3.63) is 28.8 Å². The number of aryl methyl sites for hydroxylation is 1. The number of carbonyl (C=O) groups excluding carboxylic acids is 1. The highest BCUT2D eigenvalue weighted by molar-refractivity contribution is 6.31. The summed E-state index contributed by atoms with van der Waals surface area (Å²) < 4.78 is 5.33. The number of aliphatic carboxylic acids is 1. The molecule has 0 radical (unpaired) electrons. The van der Waals surface area contributed by atoms with Crippen LogP contribution < -0.4 is 10.1 Å². The molecular weight excluding hydrogens is 282 g/mol. The Morgan fingerprint density at radius 1 is 1.45 bits per heavy atom. The number of rotatable bonds is 6. The average Bonchev–Trinajstić information content (AvgIpc) is 3.19. The van der Waals surface area contributed by atoms with Crippen molar-refractivity contribution in [1.29, 1.82) is 0 Å². The zero-order chi connectivity index (χ0) is 14.8. The van der Waals surface area contributed by atoms with Crippen LogP contribution in [0.25, 0.3) is 0 Å². The first-order valence-electron chi connectivity index (χ1n) is 6.32. The molecule has 0 aromatic heterocycles. The quantitative estimate of drug-likeness (QED) is 0.842. The maximum Gasteiger partial charge on any atom is 0.311 e. The molecule has 20 heavy (non-hydrogen) atoms. The molecule has 6 heteroatoms. The van der Waals surface area contributed by atoms with Crippen LogP contribution in [0.5, 0.6) is 5.75 Å². The highest BCUT2D eigenvalue weighted by atomic mass is 35.5. The standard InChI is InChI=1S/C14H16ClNO4/c1-9-6-10(2-3-11(9)15)20-7-12(17)16-8-14(4-5-14)13(18)19/h2-3,6H,4-5,7-8H2,1H3,(H,16,17)(H,18,19). The highest BCUT2D eigenvalue weighted by Gasteiger charge is 2.50. The predicted molar refractivity (Wildman–Crippen MR) is 74.0 cm³/mol. The van der Waals surface area contributed by atoms with E-state index in [2.05, 4.69) is 5.32 Å². The number of hydrogen-bond acceptors (Lipinski definition) is 3. The van der Waals surface area contributed by atoms with Crippen LogP contribution in [0.3, 0.4) is 0 Å². The van der Waals surface area contributed by atoms with Crippen LogP contribution in [0.4, 0.5) is 0 Å². The van der Waals surface area contributed by atoms with Gasteiger partial charge in [0.05, 0.1) is 5.41 Å². The van der Waals surface area contributed by atoms with Gasteiger partial charge in [-0.1, -0.05) is 11.6 Å². The normalized spacial score (nSPS) is 15.5. The third-order valence-corrected chi connectivity index (χ3v) is 3.85. The van der Waals surface area contributed by atoms with E-state index in [0.717, 1.165) is 5.56 Å². The molecule has 108 valence electrons. The lowest BCUT2D eigenvalue weighted by molar-refractivity contribution is -0.143. The lowest BCUT2D eigenvalue weighted by Crippen LogP contribution is -2.36. The summed E-state index contributed by atoms with van der Waals surface area (Å²) in [4.78, 5) is 22.6. The molecule has 2 N–H and O–H groups in total. The van der Waals surface area contributed by atoms with Crippen molar-refractivity contribution >= 4 is 23.5 Å². The fraction of sp³-hybridized carbons (Fsp3) is 0.429. The third-order valence-electron chi connectivity index (χ3n) is 3.43. The summed E-state index contributed by atoms with van der Waals surface area (Å²) in [6, 6.07) is 5.13. The zero-order valence-electron chi connectivity index (χ0n) is 11.1. The largest absolute Gasteiger partial charge is 0.484 e. The summed E-state index contributed by atoms with van der Waals surface area (Å²) in [6.45, 7) is 1.86. The molecule has 0 aliphatic heterocycles. The topological polar surface area (TPSA) is 75.6 Å². The van der Waals surface area contributed by atoms with Crippen molar-refractivity contribution in [1.82, 2.24) is 5.32 Å². The molecule has 1 fully saturated rings. The van der Waals surface area contributed by atoms with Gasteiger partial charge in [0.1, 0.15) is 5.75 Å². The maximum absolute atomic E-state index is 11.6. The zero-order valence-corrected chi connectivity index (χ0v) is 11.9. The first-order chi connectivity index (χ1) is 9.43. The Morgan fingerprint density at radius 2 is 2.15 bits per heavy atom. The van der Waals surface area contributed by atoms with Crippen molar-refractivity contribution in [2.45, 2.75) is 19.8 Å². The van der Waals surface area contributed by atoms with Crippen LogP contribution >= 0.6 is 11.6 Å². The average molecular weight is 298 g/mol. The molecule has 1 amide bonds. The van der Waals surface area contributed by atoms with E-state index in [4.69, 9.17) is 21.4 Å². The van der Waals surface area contributed by atoms with Gasteiger partial charge in [-0.25, -0.2) is 0 Å². The van der Waals surface area contributed by atoms with E-state index >= 15 is 0 Å². The van der Waals surface area contributed by atoms with Crippen molar-refractivity contribution in [2.24, 2.45) is 5.41 Å². The first kappa shape index (κ1) is 14.7. The monoisotopic (exact) mass is 297 g/mol. The summed E-state index contributed by atoms with van der Waals surface area (Å²) in [6.07, 6.45) is 1.22. The number of benzene rings is 1. The number of carbonyl (C=O) groups is 2. The van der Waals surface area contributed by atoms with E-state index in [-0.39, 0.29) is 19.1 Å². The SMILES string of the molecule is Cc1cc(OCC(=O)NCC2(C(=O)O)CC2)ccc1Cl. The van der Waals surface area contributed by atoms with Crippen LogP contribution in [0.2, 0.25) is 5.02 Å². The fourth-order valence-electron chi connectivity index (χ4n) is 1.79. The van der Waals surface area contributed by atoms with Gasteiger partial charge in [0.25, 0.3) is 5.91 Å². The molecule has 0 heterocycles. The molecule has 2 rings (SSSR count). The molecule has 0 spiro atoms. The van der Waals surface area contributed by atoms with Gasteiger partial charge in [0.2, 0.25) is 0 Å². The van der Waals surface area contributed by atoms with Crippen LogP contribution in [0, 0.1) is 12.3 Å². The Labute approximate surface area is 121 Å². The van der Waals surface area contributed by atoms with Gasteiger partial charge in [0, 0.05) is 11.6 Å². The summed E-state index contributed by atoms with van der Waals surface area (Å²) in [7, 11) is 0. The van der Waals surface area contributed by atoms with Crippen molar-refractivity contribution < 1.29 is 19.4 Å². The summed E-state index contributed by atoms with van der Waals surface area (Å²) in [5.41, 5.74) is 0.111. The summed E-state index contributed by atoms with van der Waals surface area (Å²) >= 11 is 5.89. The van der Waals surface area contributed by atoms with Gasteiger partial charge in [-0.15, -0.1) is 0 Å². The summed E-state index contributed by atoms with van der Waals surface area (Å²) in [5.74, 6) is -0.626. The minimum absolute atomic E-state index is 0.142. The lowest BCUT2D eigenvalue weighted by atomic mass is 10.1. The smallest absolute Gasteiger partial charge is 0.311 e. The van der Waals surface area contributed by atoms with Gasteiger partial charge in [0.15, 0.2) is 6.61 Å². The predicted octanol–water partition coefficient (Wildman–Crippen LogP) is 2.01. The third kappa shape index (κ3) is 3.42. The van der Waals surface area contributed by atoms with Gasteiger partial charge >= 0.3 is 5.97 Å². The van der Waals surface area contributed by atoms with Gasteiger partial charge in [-0.2, -0.15) is 0 Å². The minimum atomic E-state index is -0.855. The lowest BCUT2D eigenvalue weighted by Gasteiger charge is -2.12. The highest BCUT2D eigenvalue weighted by Crippen LogP contribution is 2.45. The second-order valence-corrected chi connectivity index (χ2v) is 5.47. The molecule has 0 atom stereocenters. The van der Waals surface area contributed by atoms with Crippen molar-refractivity contribution in [2.75, 3.05) is 13.2 Å². The minimum Gasteiger partial charge on any atom is -0.484 e. The van der Waals surface area contributed by atoms with Gasteiger partial charge in [-0.3, -0.25) is 9.59 Å². The van der Waals surface area contributed by atoms with Crippen molar-refractivity contribution in [3.63, 3.8) is 0 Å². The second-order valence-electron chi connectivity index (χ2n) is 5.06. The molecule has 0 saturated heterocycles. The molecule has 1 aliphatic carbocycles. The number of carboxylic acids is 1. The van der Waals surface area contributed by atoms with Crippen LogP contribution in [0.1, 0.15) is 18.4 Å². The maximum atomic E-state index is 11.6. The van der Waals surface area contributed by atoms with Gasteiger partial charge in [-0.05, 0) is 43.5 Å². The number of hydrogen-bond donors (Lipinski definition) is 2. The van der Waals surface area contributed by atoms with Crippen LogP contribution in [-0.2, 0) is 9.59 Å². The van der Waals surface area contributed by atoms with E-state index < -0.39 is 11.4 Å². The number of halogens is 1. The second kappa shape index (κ2) is 5.71. The Kier molecular flexibility index (Phi) is 4.18. The molecule has 1 aromatic rings. The first-order valence-corrected chi connectivity index (χ1v) is 6.70. The van der Waals surface area contributed by atoms with E-state index in [1.54, 1.807) is 18.2 Å². The number of nitrogens with one attached hydrogen (secondary N) is 1. The van der Waals surface area contributed by atoms with E-state index in [0.29, 0.717) is 23.6 Å². The molecule has 1 saturated carbocycles. The number of carboxylic acid groups (broad SMARTS) is 1. The van der Waals surface area contributed by atoms with Crippen LogP contribution in [0.15, 0.2) is 18.2 Å². The van der Waals surface area contributed by atoms with Gasteiger partial charge < -0.3 is 15.2 Å². The number of ether oxygens (including phenoxy) is 1. The van der Waals surface area contributed by atoms with E-state index in [1.165, 1.54) is 0 Å². The van der Waals surface area contributed by atoms with E-state index in [1.807, 2.05) is 6.92 Å². The van der Waals surface area contributed by atoms with Crippen molar-refractivity contribution in [3.8, 4) is 5.75 Å². The Bertz CT molecular complexity index is 540. The Hall–Kier alpha value is -1.75. The Morgan fingerprint density at radius 3 is 2.70 bits per heavy atom. The van der Waals surface area contributed by atoms with E-state index in [9.17, 15) is 9.59 Å². The molecule has 0 bridgehead atoms.